The highest BCUT2D eigenvalue weighted by Gasteiger charge is 2.42. The number of benzene rings is 1. The number of nitrogens with zero attached hydrogens (tertiary/aromatic N) is 1. The highest BCUT2D eigenvalue weighted by Crippen LogP contribution is 2.49. The monoisotopic (exact) mass is 302 g/mol. The predicted molar refractivity (Wildman–Crippen MR) is 69.8 cm³/mol. The summed E-state index contributed by atoms with van der Waals surface area (Å²) in [6, 6.07) is 1.03. The maximum Gasteiger partial charge on any atom is 0.275 e. The van der Waals surface area contributed by atoms with Crippen LogP contribution in [0.4, 0.5) is 11.4 Å². The number of rotatable bonds is 3. The molecule has 114 valence electrons. The largest absolute Gasteiger partial charge is 0.548 e. The van der Waals surface area contributed by atoms with E-state index in [4.69, 9.17) is 0 Å². The number of hydrogen-bond acceptors (Lipinski definition) is 7. The number of nitro groups is 1. The van der Waals surface area contributed by atoms with Gasteiger partial charge in [-0.2, -0.15) is 0 Å². The van der Waals surface area contributed by atoms with E-state index in [0.29, 0.717) is 6.42 Å². The molecule has 0 spiro atoms. The van der Waals surface area contributed by atoms with Crippen LogP contribution in [0.5, 0.6) is 0 Å². The van der Waals surface area contributed by atoms with E-state index in [2.05, 4.69) is 5.32 Å². The third kappa shape index (κ3) is 1.92. The van der Waals surface area contributed by atoms with Gasteiger partial charge in [0.15, 0.2) is 0 Å². The molecule has 1 aliphatic carbocycles. The quantitative estimate of drug-likeness (QED) is 0.437. The van der Waals surface area contributed by atoms with Gasteiger partial charge in [-0.25, -0.2) is 0 Å². The van der Waals surface area contributed by atoms with Gasteiger partial charge in [-0.1, -0.05) is 12.2 Å². The molecule has 0 radical (unpaired) electrons. The molecule has 1 aliphatic heterocycles. The van der Waals surface area contributed by atoms with Crippen molar-refractivity contribution in [3.63, 3.8) is 0 Å². The highest BCUT2D eigenvalue weighted by molar-refractivity contribution is 5.97. The van der Waals surface area contributed by atoms with Gasteiger partial charge in [-0.05, 0) is 18.4 Å². The topological polar surface area (TPSA) is 135 Å². The Hall–Kier alpha value is -2.90. The Kier molecular flexibility index (Phi) is 3.09. The number of anilines is 1. The minimum Gasteiger partial charge on any atom is -0.548 e. The lowest BCUT2D eigenvalue weighted by Crippen LogP contribution is -2.49. The number of carbonyl (C=O) groups excluding carboxylic acids is 2. The molecular weight excluding hydrogens is 292 g/mol. The number of carboxylic acid groups (broad SMARTS) is 2. The minimum absolute atomic E-state index is 0.0730. The Labute approximate surface area is 124 Å². The molecular formula is C14H10N2O6-2. The summed E-state index contributed by atoms with van der Waals surface area (Å²) in [7, 11) is 0. The summed E-state index contributed by atoms with van der Waals surface area (Å²) in [5.41, 5.74) is -0.435. The first-order valence-electron chi connectivity index (χ1n) is 6.58. The first-order valence-corrected chi connectivity index (χ1v) is 6.58. The third-order valence-corrected chi connectivity index (χ3v) is 4.17. The van der Waals surface area contributed by atoms with Gasteiger partial charge in [0.1, 0.15) is 0 Å². The average Bonchev–Trinajstić information content (AvgIpc) is 2.93. The zero-order chi connectivity index (χ0) is 16.0. The number of aliphatic carboxylic acids is 1. The standard InChI is InChI=1S/C14H12N2O6/c17-13(18)8-4-5-9(16(21)22)10-6-2-1-3-7(6)12(14(19)20)15-11(8)10/h1-2,4-7,12,15H,3H2,(H,17,18)(H,19,20)/p-2/t6-,7-,12+/m1/s1. The number of carbonyl (C=O) groups is 2. The number of carboxylic acids is 2. The molecule has 8 heteroatoms. The lowest BCUT2D eigenvalue weighted by atomic mass is 9.77. The Bertz CT molecular complexity index is 726. The molecule has 2 aliphatic rings. The summed E-state index contributed by atoms with van der Waals surface area (Å²) in [5, 5.41) is 36.3. The maximum atomic E-state index is 11.3. The molecule has 22 heavy (non-hydrogen) atoms. The van der Waals surface area contributed by atoms with E-state index in [1.54, 1.807) is 12.2 Å². The van der Waals surface area contributed by atoms with Crippen molar-refractivity contribution in [3.8, 4) is 0 Å². The smallest absolute Gasteiger partial charge is 0.275 e. The molecule has 0 aromatic heterocycles. The zero-order valence-electron chi connectivity index (χ0n) is 11.1. The van der Waals surface area contributed by atoms with Crippen molar-refractivity contribution in [2.24, 2.45) is 5.92 Å². The fourth-order valence-corrected chi connectivity index (χ4v) is 3.25. The van der Waals surface area contributed by atoms with Crippen LogP contribution in [0.25, 0.3) is 0 Å². The number of fused-ring (bicyclic) bond motifs is 3. The van der Waals surface area contributed by atoms with Crippen LogP contribution in [0.2, 0.25) is 0 Å². The SMILES string of the molecule is O=C([O-])c1ccc([N+](=O)[O-])c2c1N[C@H](C(=O)[O-])[C@@H]1CC=C[C@@H]21. The summed E-state index contributed by atoms with van der Waals surface area (Å²) in [6.07, 6.45) is 3.83. The Balaban J connectivity index is 2.27. The first kappa shape index (κ1) is 14.1. The summed E-state index contributed by atoms with van der Waals surface area (Å²) in [4.78, 5) is 33.1. The summed E-state index contributed by atoms with van der Waals surface area (Å²) >= 11 is 0. The number of allylic oxidation sites excluding steroid dienone is 2. The van der Waals surface area contributed by atoms with Gasteiger partial charge in [0.25, 0.3) is 5.69 Å². The van der Waals surface area contributed by atoms with Crippen LogP contribution >= 0.6 is 0 Å². The van der Waals surface area contributed by atoms with E-state index in [0.717, 1.165) is 12.1 Å². The van der Waals surface area contributed by atoms with Gasteiger partial charge in [0.2, 0.25) is 0 Å². The fraction of sp³-hybridized carbons (Fsp3) is 0.286. The predicted octanol–water partition coefficient (Wildman–Crippen LogP) is -0.838. The average molecular weight is 302 g/mol. The van der Waals surface area contributed by atoms with E-state index >= 15 is 0 Å². The minimum atomic E-state index is -1.53. The Morgan fingerprint density at radius 2 is 2.00 bits per heavy atom. The van der Waals surface area contributed by atoms with E-state index in [1.807, 2.05) is 0 Å². The van der Waals surface area contributed by atoms with Crippen LogP contribution in [-0.4, -0.2) is 22.9 Å². The number of nitrogens with one attached hydrogen (secondary N) is 1. The van der Waals surface area contributed by atoms with Crippen molar-refractivity contribution in [1.29, 1.82) is 0 Å². The van der Waals surface area contributed by atoms with E-state index in [-0.39, 0.29) is 22.5 Å². The molecule has 1 heterocycles. The van der Waals surface area contributed by atoms with Crippen LogP contribution in [0, 0.1) is 16.0 Å². The zero-order valence-corrected chi connectivity index (χ0v) is 11.1. The molecule has 0 saturated carbocycles. The van der Waals surface area contributed by atoms with E-state index in [1.165, 1.54) is 0 Å². The molecule has 3 rings (SSSR count). The van der Waals surface area contributed by atoms with Crippen LogP contribution in [0.15, 0.2) is 24.3 Å². The van der Waals surface area contributed by atoms with Crippen molar-refractivity contribution in [1.82, 2.24) is 0 Å². The lowest BCUT2D eigenvalue weighted by Gasteiger charge is -2.38. The molecule has 3 atom stereocenters. The second-order valence-electron chi connectivity index (χ2n) is 5.26. The van der Waals surface area contributed by atoms with Crippen LogP contribution < -0.4 is 15.5 Å². The van der Waals surface area contributed by atoms with Gasteiger partial charge >= 0.3 is 0 Å². The Morgan fingerprint density at radius 3 is 2.59 bits per heavy atom. The van der Waals surface area contributed by atoms with Gasteiger partial charge in [-0.15, -0.1) is 0 Å². The molecule has 1 N–H and O–H groups in total. The van der Waals surface area contributed by atoms with Crippen molar-refractivity contribution in [3.05, 3.63) is 45.5 Å². The Morgan fingerprint density at radius 1 is 1.27 bits per heavy atom. The molecule has 0 unspecified atom stereocenters. The lowest BCUT2D eigenvalue weighted by molar-refractivity contribution is -0.385. The number of nitro benzene ring substituents is 1. The first-order chi connectivity index (χ1) is 10.4. The fourth-order valence-electron chi connectivity index (χ4n) is 3.25. The summed E-state index contributed by atoms with van der Waals surface area (Å²) in [6.45, 7) is 0. The second kappa shape index (κ2) is 4.83. The van der Waals surface area contributed by atoms with E-state index < -0.39 is 34.7 Å². The van der Waals surface area contributed by atoms with Crippen LogP contribution in [-0.2, 0) is 4.79 Å². The summed E-state index contributed by atoms with van der Waals surface area (Å²) in [5.74, 6) is -3.90. The molecule has 0 saturated heterocycles. The molecule has 0 fully saturated rings. The molecule has 8 nitrogen and oxygen atoms in total. The third-order valence-electron chi connectivity index (χ3n) is 4.17. The van der Waals surface area contributed by atoms with Gasteiger partial charge in [0.05, 0.1) is 34.2 Å². The molecule has 1 aromatic rings. The molecule has 1 aromatic carbocycles. The second-order valence-corrected chi connectivity index (χ2v) is 5.26. The van der Waals surface area contributed by atoms with Crippen LogP contribution in [0.3, 0.4) is 0 Å². The molecule has 0 bridgehead atoms. The summed E-state index contributed by atoms with van der Waals surface area (Å²) < 4.78 is 0. The van der Waals surface area contributed by atoms with Crippen molar-refractivity contribution < 1.29 is 24.7 Å². The number of hydrogen-bond donors (Lipinski definition) is 1. The molecule has 0 amide bonds. The van der Waals surface area contributed by atoms with Gasteiger partial charge in [0, 0.05) is 17.5 Å². The number of aromatic carboxylic acids is 1. The van der Waals surface area contributed by atoms with Gasteiger partial charge in [-0.3, -0.25) is 10.1 Å². The van der Waals surface area contributed by atoms with Crippen molar-refractivity contribution >= 4 is 23.3 Å². The van der Waals surface area contributed by atoms with Gasteiger partial charge < -0.3 is 25.1 Å². The highest BCUT2D eigenvalue weighted by atomic mass is 16.6. The van der Waals surface area contributed by atoms with E-state index in [9.17, 15) is 29.9 Å². The normalized spacial score (nSPS) is 25.0. The van der Waals surface area contributed by atoms with Crippen molar-refractivity contribution in [2.75, 3.05) is 5.32 Å². The van der Waals surface area contributed by atoms with Crippen LogP contribution in [0.1, 0.15) is 28.3 Å². The maximum absolute atomic E-state index is 11.3. The van der Waals surface area contributed by atoms with Crippen molar-refractivity contribution in [2.45, 2.75) is 18.4 Å².